The van der Waals surface area contributed by atoms with Gasteiger partial charge in [0.15, 0.2) is 5.82 Å². The van der Waals surface area contributed by atoms with Gasteiger partial charge in [0.2, 0.25) is 0 Å². The lowest BCUT2D eigenvalue weighted by Crippen LogP contribution is -2.34. The summed E-state index contributed by atoms with van der Waals surface area (Å²) in [5, 5.41) is 27.7. The van der Waals surface area contributed by atoms with Gasteiger partial charge in [-0.05, 0) is 62.2 Å². The molecule has 0 bridgehead atoms. The molecule has 2 aromatic carbocycles. The summed E-state index contributed by atoms with van der Waals surface area (Å²) >= 11 is 0. The van der Waals surface area contributed by atoms with Gasteiger partial charge in [-0.1, -0.05) is 6.07 Å². The highest BCUT2D eigenvalue weighted by Gasteiger charge is 2.32. The Bertz CT molecular complexity index is 1430. The van der Waals surface area contributed by atoms with Gasteiger partial charge in [-0.3, -0.25) is 4.79 Å². The molecule has 2 atom stereocenters. The molecule has 2 heterocycles. The van der Waals surface area contributed by atoms with Gasteiger partial charge in [0.1, 0.15) is 18.3 Å². The van der Waals surface area contributed by atoms with Crippen LogP contribution in [0, 0.1) is 6.92 Å². The molecule has 3 aromatic rings. The minimum absolute atomic E-state index is 0.0616. The smallest absolute Gasteiger partial charge is 0.395 e. The van der Waals surface area contributed by atoms with Crippen LogP contribution in [-0.4, -0.2) is 52.6 Å². The molecule has 41 heavy (non-hydrogen) atoms. The Balaban J connectivity index is 1.54. The van der Waals surface area contributed by atoms with Crippen LogP contribution in [0.3, 0.4) is 0 Å². The molecule has 1 aromatic heterocycles. The minimum atomic E-state index is -4.63. The summed E-state index contributed by atoms with van der Waals surface area (Å²) in [6.45, 7) is 5.42. The lowest BCUT2D eigenvalue weighted by Gasteiger charge is -2.25. The summed E-state index contributed by atoms with van der Waals surface area (Å²) in [5.74, 6) is 0.569. The van der Waals surface area contributed by atoms with Gasteiger partial charge < -0.3 is 26.4 Å². The van der Waals surface area contributed by atoms with E-state index in [0.29, 0.717) is 23.7 Å². The molecular weight excluding hydrogens is 537 g/mol. The number of benzene rings is 2. The van der Waals surface area contributed by atoms with Crippen molar-refractivity contribution in [2.45, 2.75) is 52.1 Å². The fourth-order valence-electron chi connectivity index (χ4n) is 4.28. The van der Waals surface area contributed by atoms with E-state index < -0.39 is 17.6 Å². The Hall–Kier alpha value is -4.23. The molecule has 0 spiro atoms. The van der Waals surface area contributed by atoms with E-state index in [1.165, 1.54) is 12.4 Å². The third kappa shape index (κ3) is 7.50. The summed E-state index contributed by atoms with van der Waals surface area (Å²) in [6.07, 6.45) is -2.82. The lowest BCUT2D eigenvalue weighted by molar-refractivity contribution is -0.137. The lowest BCUT2D eigenvalue weighted by atomic mass is 10.0. The molecule has 4 rings (SSSR count). The summed E-state index contributed by atoms with van der Waals surface area (Å²) < 4.78 is 40.8. The highest BCUT2D eigenvalue weighted by molar-refractivity contribution is 6.04. The van der Waals surface area contributed by atoms with E-state index in [9.17, 15) is 23.1 Å². The first-order chi connectivity index (χ1) is 19.5. The quantitative estimate of drug-likeness (QED) is 0.240. The number of nitrogens with one attached hydrogen (secondary N) is 4. The highest BCUT2D eigenvalue weighted by atomic mass is 19.4. The number of hydrogen-bond acceptors (Lipinski definition) is 9. The molecule has 13 heteroatoms. The van der Waals surface area contributed by atoms with Crippen LogP contribution in [0.25, 0.3) is 0 Å². The molecular formula is C28H33F3N8O2. The first-order valence-electron chi connectivity index (χ1n) is 13.0. The second-order valence-electron chi connectivity index (χ2n) is 9.92. The third-order valence-electron chi connectivity index (χ3n) is 6.53. The average Bonchev–Trinajstić information content (AvgIpc) is 3.32. The molecule has 5 N–H and O–H groups in total. The Kier molecular flexibility index (Phi) is 9.08. The number of aliphatic hydroxyl groups is 1. The van der Waals surface area contributed by atoms with Crippen molar-refractivity contribution < 1.29 is 23.1 Å². The van der Waals surface area contributed by atoms with Gasteiger partial charge >= 0.3 is 6.18 Å². The number of amides is 1. The van der Waals surface area contributed by atoms with Crippen LogP contribution in [0.5, 0.6) is 0 Å². The van der Waals surface area contributed by atoms with E-state index in [-0.39, 0.29) is 36.5 Å². The maximum absolute atomic E-state index is 13.6. The van der Waals surface area contributed by atoms with Crippen molar-refractivity contribution in [2.75, 3.05) is 34.6 Å². The molecule has 0 aliphatic carbocycles. The zero-order chi connectivity index (χ0) is 29.7. The Morgan fingerprint density at radius 2 is 1.93 bits per heavy atom. The molecule has 0 radical (unpaired) electrons. The number of carbonyl (C=O) groups is 1. The van der Waals surface area contributed by atoms with Crippen molar-refractivity contribution in [1.82, 2.24) is 15.3 Å². The van der Waals surface area contributed by atoms with Crippen LogP contribution in [0.4, 0.5) is 36.2 Å². The first kappa shape index (κ1) is 29.7. The molecule has 1 aliphatic heterocycles. The Labute approximate surface area is 236 Å². The summed E-state index contributed by atoms with van der Waals surface area (Å²) in [7, 11) is 1.76. The normalized spacial score (nSPS) is 15.9. The number of hydrogen-bond donors (Lipinski definition) is 5. The van der Waals surface area contributed by atoms with E-state index >= 15 is 0 Å². The number of aromatic nitrogens is 2. The second-order valence-corrected chi connectivity index (χ2v) is 9.92. The number of nitrogens with zero attached hydrogens (tertiary/aromatic N) is 4. The number of carbonyl (C=O) groups excluding carboxylic acids is 1. The van der Waals surface area contributed by atoms with Crippen molar-refractivity contribution in [1.29, 1.82) is 0 Å². The first-order valence-corrected chi connectivity index (χ1v) is 13.0. The minimum Gasteiger partial charge on any atom is -0.395 e. The number of hydrazone groups is 1. The fraction of sp³-hybridized carbons (Fsp3) is 0.357. The summed E-state index contributed by atoms with van der Waals surface area (Å²) in [4.78, 5) is 21.6. The predicted octanol–water partition coefficient (Wildman–Crippen LogP) is 4.59. The predicted molar refractivity (Wildman–Crippen MR) is 153 cm³/mol. The average molecular weight is 571 g/mol. The van der Waals surface area contributed by atoms with Gasteiger partial charge in [0.05, 0.1) is 12.2 Å². The van der Waals surface area contributed by atoms with Gasteiger partial charge in [-0.15, -0.1) is 0 Å². The zero-order valence-electron chi connectivity index (χ0n) is 23.2. The van der Waals surface area contributed by atoms with Crippen molar-refractivity contribution >= 4 is 34.6 Å². The van der Waals surface area contributed by atoms with Gasteiger partial charge in [-0.25, -0.2) is 15.0 Å². The molecule has 1 unspecified atom stereocenters. The SMILES string of the molecule is CNc1cc(N2N=C(C)CC2Nc2cc(NC(=O)c3cc(CN[C@H](C)CO)cc(C(F)(F)F)c3)ccc2C)ncn1. The molecule has 1 amide bonds. The number of aliphatic hydroxyl groups excluding tert-OH is 1. The van der Waals surface area contributed by atoms with Crippen LogP contribution < -0.4 is 26.3 Å². The van der Waals surface area contributed by atoms with Crippen molar-refractivity contribution in [3.05, 3.63) is 71.0 Å². The largest absolute Gasteiger partial charge is 0.416 e. The third-order valence-corrected chi connectivity index (χ3v) is 6.53. The maximum Gasteiger partial charge on any atom is 0.416 e. The van der Waals surface area contributed by atoms with Gasteiger partial charge in [0.25, 0.3) is 5.91 Å². The molecule has 218 valence electrons. The number of aryl methyl sites for hydroxylation is 1. The standard InChI is InChI=1S/C28H33F3N8O2/c1-16-5-6-22(11-23(16)37-26-7-17(2)38-39(26)25-12-24(32-4)34-15-35-25)36-27(41)20-8-19(13-33-18(3)14-40)9-21(10-20)28(29,30)31/h5-6,8-12,15,18,26,33,37,40H,7,13-14H2,1-4H3,(H,36,41)(H,32,34,35)/t18-,26?/m1/s1. The molecule has 0 saturated carbocycles. The van der Waals surface area contributed by atoms with Crippen molar-refractivity contribution in [2.24, 2.45) is 5.10 Å². The van der Waals surface area contributed by atoms with E-state index in [4.69, 9.17) is 0 Å². The van der Waals surface area contributed by atoms with Gasteiger partial charge in [0, 0.05) is 54.8 Å². The van der Waals surface area contributed by atoms with E-state index in [1.807, 2.05) is 19.9 Å². The fourth-order valence-corrected chi connectivity index (χ4v) is 4.28. The van der Waals surface area contributed by atoms with E-state index in [1.54, 1.807) is 37.2 Å². The maximum atomic E-state index is 13.6. The Morgan fingerprint density at radius 3 is 2.63 bits per heavy atom. The second kappa shape index (κ2) is 12.5. The number of alkyl halides is 3. The van der Waals surface area contributed by atoms with E-state index in [0.717, 1.165) is 29.1 Å². The number of halogens is 3. The highest BCUT2D eigenvalue weighted by Crippen LogP contribution is 2.32. The Morgan fingerprint density at radius 1 is 1.15 bits per heavy atom. The van der Waals surface area contributed by atoms with Crippen LogP contribution in [0.1, 0.15) is 47.3 Å². The van der Waals surface area contributed by atoms with Crippen LogP contribution >= 0.6 is 0 Å². The summed E-state index contributed by atoms with van der Waals surface area (Å²) in [5.41, 5.74) is 2.16. The van der Waals surface area contributed by atoms with Gasteiger partial charge in [-0.2, -0.15) is 18.3 Å². The summed E-state index contributed by atoms with van der Waals surface area (Å²) in [6, 6.07) is 9.94. The molecule has 1 aliphatic rings. The van der Waals surface area contributed by atoms with Crippen molar-refractivity contribution in [3.8, 4) is 0 Å². The number of rotatable bonds is 10. The molecule has 10 nitrogen and oxygen atoms in total. The molecule has 0 fully saturated rings. The molecule has 0 saturated heterocycles. The monoisotopic (exact) mass is 570 g/mol. The van der Waals surface area contributed by atoms with Crippen molar-refractivity contribution in [3.63, 3.8) is 0 Å². The topological polar surface area (TPSA) is 127 Å². The van der Waals surface area contributed by atoms with E-state index in [2.05, 4.69) is 36.3 Å². The van der Waals surface area contributed by atoms with Crippen LogP contribution in [0.2, 0.25) is 0 Å². The zero-order valence-corrected chi connectivity index (χ0v) is 23.2. The van der Waals surface area contributed by atoms with Crippen LogP contribution in [-0.2, 0) is 12.7 Å². The van der Waals surface area contributed by atoms with Crippen LogP contribution in [0.15, 0.2) is 53.9 Å². The number of anilines is 4.